The topological polar surface area (TPSA) is 63.4 Å². The molecule has 1 aliphatic rings. The van der Waals surface area contributed by atoms with Crippen molar-refractivity contribution >= 4 is 10.0 Å². The zero-order valence-electron chi connectivity index (χ0n) is 8.78. The molecule has 0 saturated carbocycles. The van der Waals surface area contributed by atoms with Crippen LogP contribution in [0.25, 0.3) is 0 Å². The Kier molecular flexibility index (Phi) is 4.34. The fourth-order valence-corrected chi connectivity index (χ4v) is 3.14. The molecule has 1 unspecified atom stereocenters. The van der Waals surface area contributed by atoms with Crippen LogP contribution in [-0.2, 0) is 10.0 Å². The molecule has 0 aromatic carbocycles. The van der Waals surface area contributed by atoms with E-state index in [9.17, 15) is 8.42 Å². The van der Waals surface area contributed by atoms with Gasteiger partial charge >= 0.3 is 0 Å². The maximum Gasteiger partial charge on any atom is 0.215 e. The molecule has 1 fully saturated rings. The number of nitrogens with two attached hydrogens (primary N) is 1. The van der Waals surface area contributed by atoms with Gasteiger partial charge < -0.3 is 5.73 Å². The average molecular weight is 220 g/mol. The predicted molar refractivity (Wildman–Crippen MR) is 57.4 cm³/mol. The van der Waals surface area contributed by atoms with Gasteiger partial charge in [0.1, 0.15) is 0 Å². The van der Waals surface area contributed by atoms with Crippen LogP contribution in [0.2, 0.25) is 0 Å². The van der Waals surface area contributed by atoms with Gasteiger partial charge in [-0.2, -0.15) is 0 Å². The minimum Gasteiger partial charge on any atom is -0.329 e. The van der Waals surface area contributed by atoms with Crippen molar-refractivity contribution < 1.29 is 8.42 Å². The van der Waals surface area contributed by atoms with Crippen LogP contribution in [0.15, 0.2) is 0 Å². The zero-order chi connectivity index (χ0) is 10.6. The number of sulfonamides is 1. The summed E-state index contributed by atoms with van der Waals surface area (Å²) in [6, 6.07) is 0. The molecule has 0 aromatic rings. The average Bonchev–Trinajstić information content (AvgIpc) is 2.30. The Bertz CT molecular complexity index is 264. The van der Waals surface area contributed by atoms with Gasteiger partial charge in [-0.05, 0) is 25.2 Å². The van der Waals surface area contributed by atoms with Gasteiger partial charge in [0.2, 0.25) is 10.0 Å². The van der Waals surface area contributed by atoms with Crippen molar-refractivity contribution in [1.29, 1.82) is 0 Å². The number of rotatable bonds is 3. The van der Waals surface area contributed by atoms with Crippen molar-refractivity contribution in [2.24, 2.45) is 11.7 Å². The molecule has 0 aliphatic carbocycles. The van der Waals surface area contributed by atoms with Crippen LogP contribution in [0.3, 0.4) is 0 Å². The Hall–Kier alpha value is -0.130. The molecule has 0 radical (unpaired) electrons. The summed E-state index contributed by atoms with van der Waals surface area (Å²) in [5, 5.41) is 0. The van der Waals surface area contributed by atoms with Crippen LogP contribution >= 0.6 is 0 Å². The third-order valence-corrected chi connectivity index (χ3v) is 4.65. The molecule has 2 N–H and O–H groups in total. The van der Waals surface area contributed by atoms with Gasteiger partial charge in [0.15, 0.2) is 0 Å². The lowest BCUT2D eigenvalue weighted by molar-refractivity contribution is 0.417. The summed E-state index contributed by atoms with van der Waals surface area (Å²) < 4.78 is 25.0. The number of hydrogen-bond donors (Lipinski definition) is 1. The van der Waals surface area contributed by atoms with Gasteiger partial charge in [0, 0.05) is 19.6 Å². The fourth-order valence-electron chi connectivity index (χ4n) is 1.79. The largest absolute Gasteiger partial charge is 0.329 e. The lowest BCUT2D eigenvalue weighted by Crippen LogP contribution is -2.36. The van der Waals surface area contributed by atoms with Crippen molar-refractivity contribution in [1.82, 2.24) is 4.31 Å². The van der Waals surface area contributed by atoms with Crippen LogP contribution < -0.4 is 5.73 Å². The van der Waals surface area contributed by atoms with E-state index in [0.29, 0.717) is 19.0 Å². The molecule has 1 atom stereocenters. The van der Waals surface area contributed by atoms with Crippen molar-refractivity contribution in [3.63, 3.8) is 0 Å². The molecule has 5 heteroatoms. The summed E-state index contributed by atoms with van der Waals surface area (Å²) in [5.74, 6) is 0.731. The molecule has 14 heavy (non-hydrogen) atoms. The molecule has 84 valence electrons. The highest BCUT2D eigenvalue weighted by atomic mass is 32.2. The van der Waals surface area contributed by atoms with Crippen molar-refractivity contribution in [3.8, 4) is 0 Å². The van der Waals surface area contributed by atoms with E-state index in [4.69, 9.17) is 5.73 Å². The number of hydrogen-bond acceptors (Lipinski definition) is 3. The van der Waals surface area contributed by atoms with Gasteiger partial charge in [-0.15, -0.1) is 0 Å². The van der Waals surface area contributed by atoms with E-state index in [1.807, 2.05) is 0 Å². The summed E-state index contributed by atoms with van der Waals surface area (Å²) in [5.41, 5.74) is 5.28. The van der Waals surface area contributed by atoms with Crippen LogP contribution in [0.5, 0.6) is 0 Å². The lowest BCUT2D eigenvalue weighted by Gasteiger charge is -2.19. The summed E-state index contributed by atoms with van der Waals surface area (Å²) in [4.78, 5) is 0. The van der Waals surface area contributed by atoms with Crippen LogP contribution in [0.4, 0.5) is 0 Å². The van der Waals surface area contributed by atoms with E-state index < -0.39 is 10.0 Å². The van der Waals surface area contributed by atoms with Gasteiger partial charge in [-0.25, -0.2) is 12.7 Å². The molecule has 4 nitrogen and oxygen atoms in total. The van der Waals surface area contributed by atoms with E-state index in [2.05, 4.69) is 6.92 Å². The van der Waals surface area contributed by atoms with Gasteiger partial charge in [0.25, 0.3) is 0 Å². The van der Waals surface area contributed by atoms with E-state index >= 15 is 0 Å². The maximum absolute atomic E-state index is 11.7. The second-order valence-corrected chi connectivity index (χ2v) is 6.13. The highest BCUT2D eigenvalue weighted by Crippen LogP contribution is 2.18. The minimum absolute atomic E-state index is 0.0847. The minimum atomic E-state index is -3.07. The summed E-state index contributed by atoms with van der Waals surface area (Å²) in [7, 11) is -3.07. The Morgan fingerprint density at radius 1 is 1.36 bits per heavy atom. The van der Waals surface area contributed by atoms with Crippen molar-refractivity contribution in [2.45, 2.75) is 26.2 Å². The van der Waals surface area contributed by atoms with Gasteiger partial charge in [-0.1, -0.05) is 6.92 Å². The normalized spacial score (nSPS) is 26.0. The fraction of sp³-hybridized carbons (Fsp3) is 1.00. The highest BCUT2D eigenvalue weighted by molar-refractivity contribution is 7.89. The maximum atomic E-state index is 11.7. The first-order valence-corrected chi connectivity index (χ1v) is 6.85. The van der Waals surface area contributed by atoms with Crippen molar-refractivity contribution in [3.05, 3.63) is 0 Å². The van der Waals surface area contributed by atoms with E-state index in [1.54, 1.807) is 4.31 Å². The Labute approximate surface area is 86.5 Å². The highest BCUT2D eigenvalue weighted by Gasteiger charge is 2.23. The van der Waals surface area contributed by atoms with Crippen LogP contribution in [-0.4, -0.2) is 38.1 Å². The molecule has 1 saturated heterocycles. The Balaban J connectivity index is 2.59. The van der Waals surface area contributed by atoms with E-state index in [-0.39, 0.29) is 12.3 Å². The van der Waals surface area contributed by atoms with Crippen molar-refractivity contribution in [2.75, 3.05) is 25.4 Å². The second-order valence-electron chi connectivity index (χ2n) is 4.04. The van der Waals surface area contributed by atoms with Gasteiger partial charge in [-0.3, -0.25) is 0 Å². The first-order chi connectivity index (χ1) is 6.56. The first-order valence-electron chi connectivity index (χ1n) is 5.24. The van der Waals surface area contributed by atoms with E-state index in [0.717, 1.165) is 19.3 Å². The molecule has 0 amide bonds. The second kappa shape index (κ2) is 5.09. The molecular formula is C9H20N2O2S. The predicted octanol–water partition coefficient (Wildman–Crippen LogP) is 0.397. The molecule has 0 bridgehead atoms. The third-order valence-electron chi connectivity index (χ3n) is 2.74. The standard InChI is InChI=1S/C9H20N2O2S/c1-9-3-2-6-11(7-4-9)14(12,13)8-5-10/h9H,2-8,10H2,1H3. The molecule has 1 heterocycles. The third kappa shape index (κ3) is 3.22. The quantitative estimate of drug-likeness (QED) is 0.748. The molecule has 0 spiro atoms. The van der Waals surface area contributed by atoms with Crippen LogP contribution in [0.1, 0.15) is 26.2 Å². The summed E-state index contributed by atoms with van der Waals surface area (Å²) in [6.45, 7) is 3.74. The molecule has 1 rings (SSSR count). The van der Waals surface area contributed by atoms with Gasteiger partial charge in [0.05, 0.1) is 5.75 Å². The monoisotopic (exact) mass is 220 g/mol. The lowest BCUT2D eigenvalue weighted by atomic mass is 10.0. The SMILES string of the molecule is CC1CCCN(S(=O)(=O)CCN)CC1. The summed E-state index contributed by atoms with van der Waals surface area (Å²) >= 11 is 0. The summed E-state index contributed by atoms with van der Waals surface area (Å²) in [6.07, 6.45) is 3.09. The van der Waals surface area contributed by atoms with E-state index in [1.165, 1.54) is 0 Å². The molecular weight excluding hydrogens is 200 g/mol. The number of nitrogens with zero attached hydrogens (tertiary/aromatic N) is 1. The van der Waals surface area contributed by atoms with Crippen LogP contribution in [0, 0.1) is 5.92 Å². The zero-order valence-corrected chi connectivity index (χ0v) is 9.59. The smallest absolute Gasteiger partial charge is 0.215 e. The molecule has 1 aliphatic heterocycles. The Morgan fingerprint density at radius 2 is 2.07 bits per heavy atom. The Morgan fingerprint density at radius 3 is 2.71 bits per heavy atom. The first kappa shape index (κ1) is 11.9. The molecule has 0 aromatic heterocycles.